The second kappa shape index (κ2) is 7.90. The summed E-state index contributed by atoms with van der Waals surface area (Å²) < 4.78 is 5.67. The monoisotopic (exact) mass is 353 g/mol. The Labute approximate surface area is 150 Å². The highest BCUT2D eigenvalue weighted by Gasteiger charge is 2.12. The lowest BCUT2D eigenvalue weighted by molar-refractivity contribution is 0.102. The minimum absolute atomic E-state index is 0.231. The molecule has 0 aliphatic carbocycles. The van der Waals surface area contributed by atoms with E-state index in [0.717, 1.165) is 10.6 Å². The fourth-order valence-electron chi connectivity index (χ4n) is 2.13. The van der Waals surface area contributed by atoms with Crippen LogP contribution < -0.4 is 10.1 Å². The molecule has 0 aliphatic rings. The molecule has 0 spiro atoms. The molecule has 6 heteroatoms. The van der Waals surface area contributed by atoms with Crippen molar-refractivity contribution in [1.82, 2.24) is 10.2 Å². The van der Waals surface area contributed by atoms with Gasteiger partial charge in [-0.05, 0) is 24.1 Å². The summed E-state index contributed by atoms with van der Waals surface area (Å²) >= 11 is 1.34. The van der Waals surface area contributed by atoms with Gasteiger partial charge in [0.15, 0.2) is 0 Å². The Morgan fingerprint density at radius 2 is 1.92 bits per heavy atom. The van der Waals surface area contributed by atoms with Crippen molar-refractivity contribution >= 4 is 22.4 Å². The van der Waals surface area contributed by atoms with Gasteiger partial charge in [0, 0.05) is 11.1 Å². The van der Waals surface area contributed by atoms with Crippen LogP contribution in [0.5, 0.6) is 5.75 Å². The number of rotatable bonds is 6. The molecule has 1 N–H and O–H groups in total. The number of ether oxygens (including phenoxy) is 1. The van der Waals surface area contributed by atoms with Crippen LogP contribution in [0.1, 0.15) is 24.2 Å². The Bertz CT molecular complexity index is 847. The largest absolute Gasteiger partial charge is 0.493 e. The molecule has 128 valence electrons. The van der Waals surface area contributed by atoms with E-state index in [4.69, 9.17) is 4.74 Å². The van der Waals surface area contributed by atoms with Crippen LogP contribution in [0.25, 0.3) is 10.6 Å². The van der Waals surface area contributed by atoms with Gasteiger partial charge in [0.25, 0.3) is 5.91 Å². The number of benzene rings is 2. The molecule has 0 unspecified atom stereocenters. The lowest BCUT2D eigenvalue weighted by Gasteiger charge is -2.09. The molecule has 0 saturated carbocycles. The maximum absolute atomic E-state index is 12.4. The standard InChI is InChI=1S/C19H19N3O2S/c1-13(2)12-24-16-10-6-9-15(11-16)17(23)20-19-22-21-18(25-19)14-7-4-3-5-8-14/h3-11,13H,12H2,1-2H3,(H,20,22,23). The number of anilines is 1. The highest BCUT2D eigenvalue weighted by Crippen LogP contribution is 2.26. The smallest absolute Gasteiger partial charge is 0.257 e. The van der Waals surface area contributed by atoms with Crippen LogP contribution in [-0.4, -0.2) is 22.7 Å². The van der Waals surface area contributed by atoms with E-state index in [0.29, 0.717) is 29.0 Å². The van der Waals surface area contributed by atoms with Crippen LogP contribution in [0, 0.1) is 5.92 Å². The van der Waals surface area contributed by atoms with Crippen molar-refractivity contribution in [3.05, 3.63) is 60.2 Å². The van der Waals surface area contributed by atoms with Crippen molar-refractivity contribution in [1.29, 1.82) is 0 Å². The van der Waals surface area contributed by atoms with Crippen LogP contribution in [0.3, 0.4) is 0 Å². The van der Waals surface area contributed by atoms with E-state index in [1.165, 1.54) is 11.3 Å². The fraction of sp³-hybridized carbons (Fsp3) is 0.211. The third kappa shape index (κ3) is 4.64. The molecule has 1 heterocycles. The van der Waals surface area contributed by atoms with Crippen LogP contribution in [0.4, 0.5) is 5.13 Å². The molecule has 0 bridgehead atoms. The lowest BCUT2D eigenvalue weighted by Crippen LogP contribution is -2.12. The highest BCUT2D eigenvalue weighted by molar-refractivity contribution is 7.18. The first-order valence-corrected chi connectivity index (χ1v) is 8.86. The van der Waals surface area contributed by atoms with Gasteiger partial charge in [-0.3, -0.25) is 10.1 Å². The van der Waals surface area contributed by atoms with Crippen LogP contribution >= 0.6 is 11.3 Å². The van der Waals surface area contributed by atoms with Crippen LogP contribution in [0.2, 0.25) is 0 Å². The number of hydrogen-bond acceptors (Lipinski definition) is 5. The van der Waals surface area contributed by atoms with Crippen molar-refractivity contribution in [3.63, 3.8) is 0 Å². The zero-order valence-electron chi connectivity index (χ0n) is 14.1. The molecule has 1 aromatic heterocycles. The van der Waals surface area contributed by atoms with Crippen LogP contribution in [-0.2, 0) is 0 Å². The van der Waals surface area contributed by atoms with Gasteiger partial charge in [-0.15, -0.1) is 10.2 Å². The normalized spacial score (nSPS) is 10.7. The Morgan fingerprint density at radius 1 is 1.12 bits per heavy atom. The molecule has 0 saturated heterocycles. The number of nitrogens with one attached hydrogen (secondary N) is 1. The summed E-state index contributed by atoms with van der Waals surface area (Å²) in [6.45, 7) is 4.77. The zero-order valence-corrected chi connectivity index (χ0v) is 14.9. The number of carbonyl (C=O) groups excluding carboxylic acids is 1. The lowest BCUT2D eigenvalue weighted by atomic mass is 10.2. The third-order valence-corrected chi connectivity index (χ3v) is 4.23. The molecule has 25 heavy (non-hydrogen) atoms. The topological polar surface area (TPSA) is 64.1 Å². The Kier molecular flexibility index (Phi) is 5.40. The average molecular weight is 353 g/mol. The van der Waals surface area contributed by atoms with E-state index in [2.05, 4.69) is 29.4 Å². The minimum Gasteiger partial charge on any atom is -0.493 e. The van der Waals surface area contributed by atoms with Gasteiger partial charge < -0.3 is 4.74 Å². The number of amides is 1. The predicted octanol–water partition coefficient (Wildman–Crippen LogP) is 4.49. The molecule has 0 atom stereocenters. The molecule has 0 fully saturated rings. The molecular formula is C19H19N3O2S. The minimum atomic E-state index is -0.231. The number of carbonyl (C=O) groups is 1. The molecule has 5 nitrogen and oxygen atoms in total. The van der Waals surface area contributed by atoms with Gasteiger partial charge in [0.2, 0.25) is 5.13 Å². The molecule has 0 aliphatic heterocycles. The van der Waals surface area contributed by atoms with Crippen molar-refractivity contribution < 1.29 is 9.53 Å². The van der Waals surface area contributed by atoms with E-state index in [-0.39, 0.29) is 5.91 Å². The van der Waals surface area contributed by atoms with E-state index >= 15 is 0 Å². The second-order valence-corrected chi connectivity index (χ2v) is 6.94. The van der Waals surface area contributed by atoms with Crippen LogP contribution in [0.15, 0.2) is 54.6 Å². The number of aromatic nitrogens is 2. The first kappa shape index (κ1) is 17.1. The second-order valence-electron chi connectivity index (χ2n) is 5.97. The van der Waals surface area contributed by atoms with Crippen molar-refractivity contribution in [2.24, 2.45) is 5.92 Å². The number of hydrogen-bond donors (Lipinski definition) is 1. The Morgan fingerprint density at radius 3 is 2.68 bits per heavy atom. The third-order valence-electron chi connectivity index (χ3n) is 3.35. The van der Waals surface area contributed by atoms with Crippen molar-refractivity contribution in [3.8, 4) is 16.3 Å². The first-order valence-electron chi connectivity index (χ1n) is 8.05. The van der Waals surface area contributed by atoms with E-state index < -0.39 is 0 Å². The Hall–Kier alpha value is -2.73. The van der Waals surface area contributed by atoms with Gasteiger partial charge in [0.1, 0.15) is 10.8 Å². The predicted molar refractivity (Wildman–Crippen MR) is 100 cm³/mol. The summed E-state index contributed by atoms with van der Waals surface area (Å²) in [4.78, 5) is 12.4. The average Bonchev–Trinajstić information content (AvgIpc) is 3.09. The van der Waals surface area contributed by atoms with Crippen molar-refractivity contribution in [2.45, 2.75) is 13.8 Å². The molecular weight excluding hydrogens is 334 g/mol. The summed E-state index contributed by atoms with van der Waals surface area (Å²) in [5, 5.41) is 12.2. The highest BCUT2D eigenvalue weighted by atomic mass is 32.1. The van der Waals surface area contributed by atoms with E-state index in [9.17, 15) is 4.79 Å². The molecule has 3 aromatic rings. The summed E-state index contributed by atoms with van der Waals surface area (Å²) in [6.07, 6.45) is 0. The maximum atomic E-state index is 12.4. The maximum Gasteiger partial charge on any atom is 0.257 e. The van der Waals surface area contributed by atoms with E-state index in [1.54, 1.807) is 18.2 Å². The summed E-state index contributed by atoms with van der Waals surface area (Å²) in [5.74, 6) is 0.879. The molecule has 2 aromatic carbocycles. The molecule has 1 amide bonds. The van der Waals surface area contributed by atoms with Gasteiger partial charge in [-0.1, -0.05) is 61.6 Å². The molecule has 3 rings (SSSR count). The quantitative estimate of drug-likeness (QED) is 0.709. The SMILES string of the molecule is CC(C)COc1cccc(C(=O)Nc2nnc(-c3ccccc3)s2)c1. The van der Waals surface area contributed by atoms with Gasteiger partial charge in [-0.25, -0.2) is 0 Å². The Balaban J connectivity index is 1.68. The summed E-state index contributed by atoms with van der Waals surface area (Å²) in [6, 6.07) is 16.9. The van der Waals surface area contributed by atoms with E-state index in [1.807, 2.05) is 36.4 Å². The van der Waals surface area contributed by atoms with Gasteiger partial charge in [0.05, 0.1) is 6.61 Å². The summed E-state index contributed by atoms with van der Waals surface area (Å²) in [7, 11) is 0. The zero-order chi connectivity index (χ0) is 17.6. The fourth-order valence-corrected chi connectivity index (χ4v) is 2.87. The first-order chi connectivity index (χ1) is 12.1. The van der Waals surface area contributed by atoms with Crippen molar-refractivity contribution in [2.75, 3.05) is 11.9 Å². The summed E-state index contributed by atoms with van der Waals surface area (Å²) in [5.41, 5.74) is 1.50. The van der Waals surface area contributed by atoms with Gasteiger partial charge in [-0.2, -0.15) is 0 Å². The molecule has 0 radical (unpaired) electrons. The van der Waals surface area contributed by atoms with Gasteiger partial charge >= 0.3 is 0 Å². The number of nitrogens with zero attached hydrogens (tertiary/aromatic N) is 2.